The fraction of sp³-hybridized carbons (Fsp3) is 0.263. The van der Waals surface area contributed by atoms with Crippen LogP contribution in [0.25, 0.3) is 0 Å². The van der Waals surface area contributed by atoms with Gasteiger partial charge in [-0.15, -0.1) is 0 Å². The summed E-state index contributed by atoms with van der Waals surface area (Å²) in [5.74, 6) is 1.61. The summed E-state index contributed by atoms with van der Waals surface area (Å²) in [7, 11) is 0. The molecule has 0 aromatic heterocycles. The highest BCUT2D eigenvalue weighted by Crippen LogP contribution is 2.35. The van der Waals surface area contributed by atoms with Gasteiger partial charge in [-0.3, -0.25) is 0 Å². The summed E-state index contributed by atoms with van der Waals surface area (Å²) in [6, 6.07) is 0.291. The third-order valence-corrected chi connectivity index (χ3v) is 2.95. The molecule has 0 saturated heterocycles. The summed E-state index contributed by atoms with van der Waals surface area (Å²) in [6.45, 7) is 15.9. The van der Waals surface area contributed by atoms with Crippen molar-refractivity contribution < 1.29 is 4.74 Å². The number of hydrogen-bond acceptors (Lipinski definition) is 2. The molecule has 1 rings (SSSR count). The molecule has 0 saturated carbocycles. The zero-order chi connectivity index (χ0) is 15.8. The normalized spacial score (nSPS) is 20.1. The lowest BCUT2D eigenvalue weighted by atomic mass is 10.1. The Morgan fingerprint density at radius 1 is 1.00 bits per heavy atom. The Morgan fingerprint density at radius 3 is 2.10 bits per heavy atom. The number of ether oxygens (including phenoxy) is 1. The predicted molar refractivity (Wildman–Crippen MR) is 91.3 cm³/mol. The van der Waals surface area contributed by atoms with Crippen LogP contribution in [0.1, 0.15) is 27.7 Å². The number of rotatable bonds is 5. The van der Waals surface area contributed by atoms with E-state index in [0.717, 1.165) is 22.9 Å². The van der Waals surface area contributed by atoms with Gasteiger partial charge in [0.05, 0.1) is 11.4 Å². The van der Waals surface area contributed by atoms with Crippen molar-refractivity contribution in [3.05, 3.63) is 84.7 Å². The van der Waals surface area contributed by atoms with E-state index in [1.165, 1.54) is 0 Å². The second-order valence-corrected chi connectivity index (χ2v) is 4.87. The molecule has 0 aromatic rings. The van der Waals surface area contributed by atoms with Crippen LogP contribution in [-0.2, 0) is 4.74 Å². The van der Waals surface area contributed by atoms with Crippen LogP contribution >= 0.6 is 0 Å². The molecule has 1 heterocycles. The zero-order valence-electron chi connectivity index (χ0n) is 13.5. The van der Waals surface area contributed by atoms with Gasteiger partial charge in [0, 0.05) is 6.04 Å². The first kappa shape index (κ1) is 16.8. The summed E-state index contributed by atoms with van der Waals surface area (Å²) in [6.07, 6.45) is 15.4. The van der Waals surface area contributed by atoms with Crippen molar-refractivity contribution >= 4 is 0 Å². The van der Waals surface area contributed by atoms with Gasteiger partial charge in [-0.05, 0) is 52.0 Å². The summed E-state index contributed by atoms with van der Waals surface area (Å²) in [5.41, 5.74) is 2.03. The summed E-state index contributed by atoms with van der Waals surface area (Å²) in [5, 5.41) is 0. The third-order valence-electron chi connectivity index (χ3n) is 2.95. The van der Waals surface area contributed by atoms with Crippen LogP contribution in [0.3, 0.4) is 0 Å². The van der Waals surface area contributed by atoms with E-state index in [1.807, 2.05) is 44.2 Å². The molecule has 112 valence electrons. The van der Waals surface area contributed by atoms with Gasteiger partial charge in [0.2, 0.25) is 0 Å². The van der Waals surface area contributed by atoms with E-state index in [0.29, 0.717) is 6.04 Å². The quantitative estimate of drug-likeness (QED) is 0.685. The van der Waals surface area contributed by atoms with Crippen LogP contribution in [0.5, 0.6) is 0 Å². The van der Waals surface area contributed by atoms with Crippen LogP contribution in [0, 0.1) is 0 Å². The fourth-order valence-electron chi connectivity index (χ4n) is 2.24. The van der Waals surface area contributed by atoms with Crippen molar-refractivity contribution in [2.24, 2.45) is 0 Å². The first-order valence-electron chi connectivity index (χ1n) is 7.23. The molecular weight excluding hydrogens is 258 g/mol. The van der Waals surface area contributed by atoms with E-state index in [2.05, 4.69) is 38.0 Å². The highest BCUT2D eigenvalue weighted by Gasteiger charge is 2.28. The van der Waals surface area contributed by atoms with E-state index in [1.54, 1.807) is 12.2 Å². The fourth-order valence-corrected chi connectivity index (χ4v) is 2.24. The molecule has 0 radical (unpaired) electrons. The van der Waals surface area contributed by atoms with Gasteiger partial charge < -0.3 is 9.64 Å². The van der Waals surface area contributed by atoms with Gasteiger partial charge in [0.1, 0.15) is 0 Å². The Bertz CT molecular complexity index is 542. The van der Waals surface area contributed by atoms with Crippen molar-refractivity contribution in [2.75, 3.05) is 0 Å². The first-order chi connectivity index (χ1) is 10.1. The topological polar surface area (TPSA) is 12.5 Å². The lowest BCUT2D eigenvalue weighted by molar-refractivity contribution is 0.228. The van der Waals surface area contributed by atoms with Gasteiger partial charge >= 0.3 is 0 Å². The molecule has 0 amide bonds. The third kappa shape index (κ3) is 3.88. The monoisotopic (exact) mass is 283 g/mol. The number of hydrogen-bond donors (Lipinski definition) is 0. The molecule has 1 aliphatic heterocycles. The van der Waals surface area contributed by atoms with E-state index >= 15 is 0 Å². The van der Waals surface area contributed by atoms with Gasteiger partial charge in [-0.2, -0.15) is 0 Å². The molecule has 2 heteroatoms. The maximum absolute atomic E-state index is 6.05. The molecule has 2 nitrogen and oxygen atoms in total. The van der Waals surface area contributed by atoms with Crippen LogP contribution in [0.2, 0.25) is 0 Å². The van der Waals surface area contributed by atoms with E-state index < -0.39 is 0 Å². The summed E-state index contributed by atoms with van der Waals surface area (Å²) < 4.78 is 6.05. The SMILES string of the molecule is C=C/C=C1/OC(/C=C\C)=C(/C=C\C)N(C(C)C)/C1=C/C=C. The van der Waals surface area contributed by atoms with E-state index in [-0.39, 0.29) is 0 Å². The Kier molecular flexibility index (Phi) is 6.54. The minimum atomic E-state index is 0.291. The Morgan fingerprint density at radius 2 is 1.62 bits per heavy atom. The number of nitrogens with zero attached hydrogens (tertiary/aromatic N) is 1. The Balaban J connectivity index is 3.60. The average Bonchev–Trinajstić information content (AvgIpc) is 2.43. The summed E-state index contributed by atoms with van der Waals surface area (Å²) in [4.78, 5) is 2.25. The van der Waals surface area contributed by atoms with Crippen molar-refractivity contribution in [3.8, 4) is 0 Å². The maximum Gasteiger partial charge on any atom is 0.151 e. The van der Waals surface area contributed by atoms with Crippen LogP contribution in [0.4, 0.5) is 0 Å². The van der Waals surface area contributed by atoms with Crippen molar-refractivity contribution in [3.63, 3.8) is 0 Å². The van der Waals surface area contributed by atoms with E-state index in [9.17, 15) is 0 Å². The Hall–Kier alpha value is -2.22. The molecule has 0 N–H and O–H groups in total. The molecular formula is C19H25NO. The maximum atomic E-state index is 6.05. The van der Waals surface area contributed by atoms with Gasteiger partial charge in [-0.1, -0.05) is 37.5 Å². The van der Waals surface area contributed by atoms with Crippen molar-refractivity contribution in [1.29, 1.82) is 0 Å². The molecule has 21 heavy (non-hydrogen) atoms. The smallest absolute Gasteiger partial charge is 0.151 e. The lowest BCUT2D eigenvalue weighted by Gasteiger charge is -2.38. The van der Waals surface area contributed by atoms with Crippen molar-refractivity contribution in [1.82, 2.24) is 4.90 Å². The molecule has 1 aliphatic rings. The van der Waals surface area contributed by atoms with Gasteiger partial charge in [-0.25, -0.2) is 0 Å². The largest absolute Gasteiger partial charge is 0.453 e. The predicted octanol–water partition coefficient (Wildman–Crippen LogP) is 5.23. The highest BCUT2D eigenvalue weighted by atomic mass is 16.5. The molecule has 0 atom stereocenters. The minimum Gasteiger partial charge on any atom is -0.453 e. The molecule has 0 spiro atoms. The molecule has 0 aliphatic carbocycles. The second kappa shape index (κ2) is 8.15. The second-order valence-electron chi connectivity index (χ2n) is 4.87. The molecule has 0 aromatic carbocycles. The lowest BCUT2D eigenvalue weighted by Crippen LogP contribution is -2.34. The average molecular weight is 283 g/mol. The first-order valence-corrected chi connectivity index (χ1v) is 7.23. The van der Waals surface area contributed by atoms with E-state index in [4.69, 9.17) is 4.74 Å². The Labute approximate surface area is 128 Å². The number of allylic oxidation sites excluding steroid dienone is 8. The van der Waals surface area contributed by atoms with Crippen LogP contribution < -0.4 is 0 Å². The van der Waals surface area contributed by atoms with Gasteiger partial charge in [0.15, 0.2) is 11.5 Å². The molecule has 0 unspecified atom stereocenters. The standard InChI is InChI=1S/C19H25NO/c1-7-11-16-18(13-9-3)21-19(14-10-4)17(12-8-2)20(16)15(5)6/h7-15H,1,3H2,2,4-6H3/b12-8-,14-10-,16-11+,18-13+. The molecule has 0 bridgehead atoms. The van der Waals surface area contributed by atoms with Crippen LogP contribution in [0.15, 0.2) is 84.7 Å². The minimum absolute atomic E-state index is 0.291. The van der Waals surface area contributed by atoms with Crippen LogP contribution in [-0.4, -0.2) is 10.9 Å². The highest BCUT2D eigenvalue weighted by molar-refractivity contribution is 5.44. The van der Waals surface area contributed by atoms with Gasteiger partial charge in [0.25, 0.3) is 0 Å². The summed E-state index contributed by atoms with van der Waals surface area (Å²) >= 11 is 0. The molecule has 0 fully saturated rings. The van der Waals surface area contributed by atoms with Crippen molar-refractivity contribution in [2.45, 2.75) is 33.7 Å². The zero-order valence-corrected chi connectivity index (χ0v) is 13.5.